The molecule has 0 unspecified atom stereocenters. The maximum absolute atomic E-state index is 13.4. The van der Waals surface area contributed by atoms with Crippen LogP contribution in [0.25, 0.3) is 21.0 Å². The number of halogens is 3. The summed E-state index contributed by atoms with van der Waals surface area (Å²) in [5.41, 5.74) is -0.623. The van der Waals surface area contributed by atoms with Gasteiger partial charge in [0, 0.05) is 49.6 Å². The van der Waals surface area contributed by atoms with Crippen molar-refractivity contribution < 1.29 is 13.2 Å². The summed E-state index contributed by atoms with van der Waals surface area (Å²) in [5, 5.41) is 1.21. The zero-order valence-corrected chi connectivity index (χ0v) is 18.0. The summed E-state index contributed by atoms with van der Waals surface area (Å²) in [5.74, 6) is 1.02. The quantitative estimate of drug-likeness (QED) is 0.489. The van der Waals surface area contributed by atoms with Crippen LogP contribution < -0.4 is 10.5 Å². The molecule has 0 spiro atoms. The van der Waals surface area contributed by atoms with Crippen LogP contribution in [0, 0.1) is 0 Å². The number of pyridine rings is 1. The van der Waals surface area contributed by atoms with E-state index < -0.39 is 17.3 Å². The van der Waals surface area contributed by atoms with Gasteiger partial charge >= 0.3 is 6.18 Å². The molecule has 0 aliphatic carbocycles. The Morgan fingerprint density at radius 1 is 1.00 bits per heavy atom. The first-order valence-electron chi connectivity index (χ1n) is 10.4. The van der Waals surface area contributed by atoms with Crippen LogP contribution in [0.5, 0.6) is 0 Å². The molecular formula is C23H21F3N4OS. The van der Waals surface area contributed by atoms with Crippen LogP contribution in [0.1, 0.15) is 11.1 Å². The average Bonchev–Trinajstić information content (AvgIpc) is 3.21. The van der Waals surface area contributed by atoms with E-state index in [9.17, 15) is 18.0 Å². The predicted octanol–water partition coefficient (Wildman–Crippen LogP) is 4.52. The maximum atomic E-state index is 13.4. The summed E-state index contributed by atoms with van der Waals surface area (Å²) in [6, 6.07) is 13.7. The molecule has 2 aromatic carbocycles. The largest absolute Gasteiger partial charge is 0.417 e. The van der Waals surface area contributed by atoms with Crippen molar-refractivity contribution >= 4 is 38.3 Å². The van der Waals surface area contributed by atoms with Crippen LogP contribution in [0.15, 0.2) is 53.3 Å². The lowest BCUT2D eigenvalue weighted by atomic mass is 10.0. The number of hydrogen-bond acceptors (Lipinski definition) is 5. The molecule has 32 heavy (non-hydrogen) atoms. The highest BCUT2D eigenvalue weighted by Gasteiger charge is 2.33. The van der Waals surface area contributed by atoms with E-state index in [4.69, 9.17) is 0 Å². The Bertz CT molecular complexity index is 1320. The maximum Gasteiger partial charge on any atom is 0.417 e. The molecule has 0 amide bonds. The number of aromatic nitrogens is 2. The number of fused-ring (bicyclic) bond motifs is 2. The summed E-state index contributed by atoms with van der Waals surface area (Å²) >= 11 is 1.51. The van der Waals surface area contributed by atoms with Crippen molar-refractivity contribution in [2.24, 2.45) is 0 Å². The van der Waals surface area contributed by atoms with Gasteiger partial charge < -0.3 is 9.88 Å². The van der Waals surface area contributed by atoms with E-state index in [2.05, 4.69) is 31.3 Å². The number of piperazine rings is 1. The number of nitrogens with zero attached hydrogens (tertiary/aromatic N) is 3. The molecule has 0 atom stereocenters. The van der Waals surface area contributed by atoms with Gasteiger partial charge in [-0.15, -0.1) is 0 Å². The number of rotatable bonds is 4. The third-order valence-electron chi connectivity index (χ3n) is 6.00. The molecule has 1 saturated heterocycles. The highest BCUT2D eigenvalue weighted by molar-refractivity contribution is 7.13. The number of alkyl halides is 3. The topological polar surface area (TPSA) is 52.2 Å². The molecule has 166 valence electrons. The van der Waals surface area contributed by atoms with Crippen molar-refractivity contribution in [3.63, 3.8) is 0 Å². The zero-order chi connectivity index (χ0) is 22.3. The van der Waals surface area contributed by atoms with Crippen molar-refractivity contribution in [2.75, 3.05) is 37.6 Å². The van der Waals surface area contributed by atoms with Gasteiger partial charge in [-0.1, -0.05) is 30.3 Å². The van der Waals surface area contributed by atoms with Gasteiger partial charge in [-0.2, -0.15) is 17.5 Å². The Balaban J connectivity index is 1.29. The van der Waals surface area contributed by atoms with Gasteiger partial charge in [-0.05, 0) is 35.6 Å². The molecule has 9 heteroatoms. The fraction of sp³-hybridized carbons (Fsp3) is 0.304. The molecule has 1 fully saturated rings. The van der Waals surface area contributed by atoms with Gasteiger partial charge in [0.2, 0.25) is 5.56 Å². The standard InChI is InChI=1S/C23H21F3N4OS/c24-23(25,26)18-14-20(31)27-21-15(4-3-6-16(18)21)8-9-29-10-12-30(13-11-29)22-17-5-1-2-7-19(17)32-28-22/h1-7,14H,8-13H2,(H,27,31). The van der Waals surface area contributed by atoms with Crippen LogP contribution in [-0.2, 0) is 12.6 Å². The second-order valence-electron chi connectivity index (χ2n) is 7.97. The van der Waals surface area contributed by atoms with E-state index in [0.29, 0.717) is 19.0 Å². The van der Waals surface area contributed by atoms with E-state index in [1.165, 1.54) is 27.7 Å². The van der Waals surface area contributed by atoms with Crippen molar-refractivity contribution in [1.82, 2.24) is 14.3 Å². The van der Waals surface area contributed by atoms with Crippen molar-refractivity contribution in [2.45, 2.75) is 12.6 Å². The Kier molecular flexibility index (Phi) is 5.38. The Morgan fingerprint density at radius 2 is 1.75 bits per heavy atom. The van der Waals surface area contributed by atoms with Crippen LogP contribution in [-0.4, -0.2) is 47.0 Å². The average molecular weight is 459 g/mol. The zero-order valence-electron chi connectivity index (χ0n) is 17.2. The highest BCUT2D eigenvalue weighted by Crippen LogP contribution is 2.34. The molecule has 1 N–H and O–H groups in total. The normalized spacial score (nSPS) is 15.7. The van der Waals surface area contributed by atoms with E-state index in [1.807, 2.05) is 12.1 Å². The Morgan fingerprint density at radius 3 is 2.53 bits per heavy atom. The van der Waals surface area contributed by atoms with Gasteiger partial charge in [0.25, 0.3) is 0 Å². The van der Waals surface area contributed by atoms with Crippen molar-refractivity contribution in [3.8, 4) is 0 Å². The number of aromatic amines is 1. The molecule has 1 aliphatic rings. The summed E-state index contributed by atoms with van der Waals surface area (Å²) in [6.07, 6.45) is -4.00. The molecule has 5 nitrogen and oxygen atoms in total. The van der Waals surface area contributed by atoms with E-state index in [-0.39, 0.29) is 10.9 Å². The third-order valence-corrected chi connectivity index (χ3v) is 6.81. The van der Waals surface area contributed by atoms with Crippen molar-refractivity contribution in [3.05, 3.63) is 70.0 Å². The molecule has 3 heterocycles. The number of para-hydroxylation sites is 1. The summed E-state index contributed by atoms with van der Waals surface area (Å²) in [4.78, 5) is 19.1. The molecular weight excluding hydrogens is 437 g/mol. The van der Waals surface area contributed by atoms with Crippen LogP contribution in [0.4, 0.5) is 19.0 Å². The Labute approximate surface area is 186 Å². The minimum atomic E-state index is -4.57. The predicted molar refractivity (Wildman–Crippen MR) is 122 cm³/mol. The summed E-state index contributed by atoms with van der Waals surface area (Å²) < 4.78 is 46.0. The number of benzene rings is 2. The molecule has 0 bridgehead atoms. The lowest BCUT2D eigenvalue weighted by Gasteiger charge is -2.35. The molecule has 0 saturated carbocycles. The fourth-order valence-electron chi connectivity index (χ4n) is 4.35. The molecule has 2 aromatic heterocycles. The minimum Gasteiger partial charge on any atom is -0.353 e. The fourth-order valence-corrected chi connectivity index (χ4v) is 5.14. The second kappa shape index (κ2) is 8.22. The lowest BCUT2D eigenvalue weighted by Crippen LogP contribution is -2.47. The molecule has 1 aliphatic heterocycles. The molecule has 4 aromatic rings. The Hall–Kier alpha value is -2.91. The number of nitrogens with one attached hydrogen (secondary N) is 1. The monoisotopic (exact) mass is 458 g/mol. The third kappa shape index (κ3) is 3.98. The van der Waals surface area contributed by atoms with Gasteiger partial charge in [-0.25, -0.2) is 0 Å². The number of H-pyrrole nitrogens is 1. The van der Waals surface area contributed by atoms with E-state index in [0.717, 1.165) is 37.6 Å². The number of hydrogen-bond donors (Lipinski definition) is 1. The highest BCUT2D eigenvalue weighted by atomic mass is 32.1. The molecule has 0 radical (unpaired) electrons. The van der Waals surface area contributed by atoms with Gasteiger partial charge in [-0.3, -0.25) is 9.69 Å². The summed E-state index contributed by atoms with van der Waals surface area (Å²) in [6.45, 7) is 4.10. The first kappa shape index (κ1) is 21.0. The SMILES string of the molecule is O=c1cc(C(F)(F)F)c2cccc(CCN3CCN(c4nsc5ccccc45)CC3)c2[nH]1. The van der Waals surface area contributed by atoms with E-state index >= 15 is 0 Å². The molecule has 5 rings (SSSR count). The summed E-state index contributed by atoms with van der Waals surface area (Å²) in [7, 11) is 0. The minimum absolute atomic E-state index is 0.0369. The smallest absolute Gasteiger partial charge is 0.353 e. The van der Waals surface area contributed by atoms with Gasteiger partial charge in [0.05, 0.1) is 15.8 Å². The van der Waals surface area contributed by atoms with Crippen molar-refractivity contribution in [1.29, 1.82) is 0 Å². The van der Waals surface area contributed by atoms with E-state index in [1.54, 1.807) is 12.1 Å². The van der Waals surface area contributed by atoms with Crippen LogP contribution in [0.2, 0.25) is 0 Å². The van der Waals surface area contributed by atoms with Gasteiger partial charge in [0.1, 0.15) is 5.82 Å². The second-order valence-corrected chi connectivity index (χ2v) is 8.77. The van der Waals surface area contributed by atoms with Crippen LogP contribution in [0.3, 0.4) is 0 Å². The first-order valence-corrected chi connectivity index (χ1v) is 11.2. The number of anilines is 1. The van der Waals surface area contributed by atoms with Gasteiger partial charge in [0.15, 0.2) is 0 Å². The first-order chi connectivity index (χ1) is 15.4. The van der Waals surface area contributed by atoms with Crippen LogP contribution >= 0.6 is 11.5 Å². The lowest BCUT2D eigenvalue weighted by molar-refractivity contribution is -0.136.